The lowest BCUT2D eigenvalue weighted by atomic mass is 10.2. The van der Waals surface area contributed by atoms with Gasteiger partial charge in [-0.25, -0.2) is 4.39 Å². The molecule has 2 heterocycles. The van der Waals surface area contributed by atoms with Crippen molar-refractivity contribution in [3.8, 4) is 10.7 Å². The molecular formula is C14H14FN3S. The van der Waals surface area contributed by atoms with Gasteiger partial charge in [0.05, 0.1) is 4.88 Å². The summed E-state index contributed by atoms with van der Waals surface area (Å²) in [6.07, 6.45) is 1.75. The lowest BCUT2D eigenvalue weighted by Crippen LogP contribution is -2.04. The molecule has 98 valence electrons. The first-order valence-corrected chi connectivity index (χ1v) is 7.02. The first-order chi connectivity index (χ1) is 9.13. The van der Waals surface area contributed by atoms with Gasteiger partial charge in [0, 0.05) is 11.2 Å². The number of fused-ring (bicyclic) bond motifs is 1. The van der Waals surface area contributed by atoms with E-state index in [0.717, 1.165) is 27.3 Å². The Labute approximate surface area is 114 Å². The number of hydrogen-bond acceptors (Lipinski definition) is 3. The maximum Gasteiger partial charge on any atom is 0.173 e. The van der Waals surface area contributed by atoms with Crippen LogP contribution in [0.25, 0.3) is 20.8 Å². The molecule has 3 rings (SSSR count). The molecule has 0 saturated carbocycles. The third-order valence-electron chi connectivity index (χ3n) is 2.88. The van der Waals surface area contributed by atoms with Gasteiger partial charge in [0.15, 0.2) is 5.82 Å². The summed E-state index contributed by atoms with van der Waals surface area (Å²) in [5.74, 6) is 1.18. The molecule has 0 unspecified atom stereocenters. The van der Waals surface area contributed by atoms with E-state index in [-0.39, 0.29) is 5.82 Å². The van der Waals surface area contributed by atoms with Crippen LogP contribution >= 0.6 is 11.3 Å². The molecule has 0 aliphatic heterocycles. The predicted molar refractivity (Wildman–Crippen MR) is 75.6 cm³/mol. The zero-order chi connectivity index (χ0) is 13.4. The fourth-order valence-electron chi connectivity index (χ4n) is 2.09. The molecule has 0 N–H and O–H groups in total. The van der Waals surface area contributed by atoms with E-state index in [4.69, 9.17) is 0 Å². The molecule has 3 nitrogen and oxygen atoms in total. The number of halogens is 1. The van der Waals surface area contributed by atoms with Gasteiger partial charge in [-0.2, -0.15) is 0 Å². The highest BCUT2D eigenvalue weighted by molar-refractivity contribution is 7.22. The summed E-state index contributed by atoms with van der Waals surface area (Å²) in [6.45, 7) is 5.19. The molecule has 0 aliphatic carbocycles. The minimum Gasteiger partial charge on any atom is -0.313 e. The van der Waals surface area contributed by atoms with E-state index in [9.17, 15) is 4.39 Å². The molecule has 0 amide bonds. The van der Waals surface area contributed by atoms with Crippen LogP contribution in [-0.4, -0.2) is 14.8 Å². The summed E-state index contributed by atoms with van der Waals surface area (Å²) in [6, 6.07) is 6.89. The van der Waals surface area contributed by atoms with Crippen molar-refractivity contribution in [2.75, 3.05) is 0 Å². The molecule has 0 saturated heterocycles. The summed E-state index contributed by atoms with van der Waals surface area (Å²) in [4.78, 5) is 1.03. The number of thiophene rings is 1. The second-order valence-electron chi connectivity index (χ2n) is 4.99. The van der Waals surface area contributed by atoms with Crippen LogP contribution in [-0.2, 0) is 6.54 Å². The van der Waals surface area contributed by atoms with Crippen molar-refractivity contribution in [1.82, 2.24) is 14.8 Å². The zero-order valence-corrected chi connectivity index (χ0v) is 11.6. The second kappa shape index (κ2) is 4.74. The first-order valence-electron chi connectivity index (χ1n) is 6.21. The van der Waals surface area contributed by atoms with Crippen molar-refractivity contribution in [2.45, 2.75) is 20.4 Å². The van der Waals surface area contributed by atoms with Crippen LogP contribution < -0.4 is 0 Å². The number of hydrogen-bond donors (Lipinski definition) is 0. The van der Waals surface area contributed by atoms with Gasteiger partial charge in [-0.15, -0.1) is 21.5 Å². The lowest BCUT2D eigenvalue weighted by Gasteiger charge is -2.07. The van der Waals surface area contributed by atoms with Crippen LogP contribution in [0.5, 0.6) is 0 Å². The highest BCUT2D eigenvalue weighted by atomic mass is 32.1. The SMILES string of the molecule is CC(C)Cn1cnnc1-c1cc2ccc(F)cc2s1. The monoisotopic (exact) mass is 275 g/mol. The molecule has 0 spiro atoms. The van der Waals surface area contributed by atoms with Gasteiger partial charge in [-0.3, -0.25) is 0 Å². The van der Waals surface area contributed by atoms with Crippen molar-refractivity contribution in [1.29, 1.82) is 0 Å². The fraction of sp³-hybridized carbons (Fsp3) is 0.286. The summed E-state index contributed by atoms with van der Waals surface area (Å²) >= 11 is 1.55. The summed E-state index contributed by atoms with van der Waals surface area (Å²) in [5, 5.41) is 9.21. The Kier molecular flexibility index (Phi) is 3.06. The van der Waals surface area contributed by atoms with Gasteiger partial charge < -0.3 is 4.57 Å². The van der Waals surface area contributed by atoms with E-state index in [1.807, 2.05) is 10.6 Å². The van der Waals surface area contributed by atoms with E-state index >= 15 is 0 Å². The van der Waals surface area contributed by atoms with Crippen LogP contribution in [0.2, 0.25) is 0 Å². The third-order valence-corrected chi connectivity index (χ3v) is 3.97. The molecule has 2 aromatic heterocycles. The standard InChI is InChI=1S/C14H14FN3S/c1-9(2)7-18-8-16-17-14(18)13-5-10-3-4-11(15)6-12(10)19-13/h3-6,8-9H,7H2,1-2H3. The minimum absolute atomic E-state index is 0.204. The quantitative estimate of drug-likeness (QED) is 0.724. The Bertz CT molecular complexity index is 714. The normalized spacial score (nSPS) is 11.6. The van der Waals surface area contributed by atoms with Gasteiger partial charge in [0.2, 0.25) is 0 Å². The zero-order valence-electron chi connectivity index (χ0n) is 10.8. The maximum atomic E-state index is 13.2. The fourth-order valence-corrected chi connectivity index (χ4v) is 3.18. The van der Waals surface area contributed by atoms with E-state index in [1.54, 1.807) is 29.8 Å². The Morgan fingerprint density at radius 3 is 2.95 bits per heavy atom. The van der Waals surface area contributed by atoms with Gasteiger partial charge in [0.25, 0.3) is 0 Å². The summed E-state index contributed by atoms with van der Waals surface area (Å²) < 4.78 is 16.2. The average molecular weight is 275 g/mol. The molecular weight excluding hydrogens is 261 g/mol. The van der Waals surface area contributed by atoms with E-state index in [1.165, 1.54) is 6.07 Å². The molecule has 0 atom stereocenters. The molecule has 0 bridgehead atoms. The van der Waals surface area contributed by atoms with Crippen molar-refractivity contribution >= 4 is 21.4 Å². The predicted octanol–water partition coefficient (Wildman–Crippen LogP) is 3.95. The first kappa shape index (κ1) is 12.3. The number of rotatable bonds is 3. The van der Waals surface area contributed by atoms with E-state index in [0.29, 0.717) is 5.92 Å². The van der Waals surface area contributed by atoms with Crippen LogP contribution in [0, 0.1) is 11.7 Å². The van der Waals surface area contributed by atoms with Crippen LogP contribution in [0.15, 0.2) is 30.6 Å². The van der Waals surface area contributed by atoms with Crippen molar-refractivity contribution in [2.24, 2.45) is 5.92 Å². The van der Waals surface area contributed by atoms with Gasteiger partial charge in [-0.05, 0) is 29.5 Å². The van der Waals surface area contributed by atoms with Crippen molar-refractivity contribution in [3.63, 3.8) is 0 Å². The Hall–Kier alpha value is -1.75. The summed E-state index contributed by atoms with van der Waals surface area (Å²) in [7, 11) is 0. The van der Waals surface area contributed by atoms with E-state index in [2.05, 4.69) is 24.0 Å². The molecule has 19 heavy (non-hydrogen) atoms. The van der Waals surface area contributed by atoms with Crippen LogP contribution in [0.3, 0.4) is 0 Å². The Balaban J connectivity index is 2.06. The van der Waals surface area contributed by atoms with Gasteiger partial charge >= 0.3 is 0 Å². The van der Waals surface area contributed by atoms with Gasteiger partial charge in [-0.1, -0.05) is 19.9 Å². The maximum absolute atomic E-state index is 13.2. The second-order valence-corrected chi connectivity index (χ2v) is 6.08. The largest absolute Gasteiger partial charge is 0.313 e. The van der Waals surface area contributed by atoms with Crippen molar-refractivity contribution < 1.29 is 4.39 Å². The molecule has 0 fully saturated rings. The lowest BCUT2D eigenvalue weighted by molar-refractivity contribution is 0.525. The Morgan fingerprint density at radius 1 is 1.32 bits per heavy atom. The minimum atomic E-state index is -0.204. The smallest absolute Gasteiger partial charge is 0.173 e. The number of aromatic nitrogens is 3. The third kappa shape index (κ3) is 2.38. The molecule has 3 aromatic rings. The Morgan fingerprint density at radius 2 is 2.16 bits per heavy atom. The van der Waals surface area contributed by atoms with Crippen molar-refractivity contribution in [3.05, 3.63) is 36.4 Å². The highest BCUT2D eigenvalue weighted by Crippen LogP contribution is 2.32. The number of nitrogens with zero attached hydrogens (tertiary/aromatic N) is 3. The van der Waals surface area contributed by atoms with Gasteiger partial charge in [0.1, 0.15) is 12.1 Å². The topological polar surface area (TPSA) is 30.7 Å². The van der Waals surface area contributed by atoms with Crippen LogP contribution in [0.4, 0.5) is 4.39 Å². The molecule has 0 radical (unpaired) electrons. The average Bonchev–Trinajstić information content (AvgIpc) is 2.93. The number of benzene rings is 1. The van der Waals surface area contributed by atoms with E-state index < -0.39 is 0 Å². The molecule has 1 aromatic carbocycles. The molecule has 0 aliphatic rings. The summed E-state index contributed by atoms with van der Waals surface area (Å²) in [5.41, 5.74) is 0. The molecule has 5 heteroatoms. The highest BCUT2D eigenvalue weighted by Gasteiger charge is 2.12. The van der Waals surface area contributed by atoms with Crippen LogP contribution in [0.1, 0.15) is 13.8 Å².